The highest BCUT2D eigenvalue weighted by Crippen LogP contribution is 2.14. The molecule has 1 saturated heterocycles. The minimum Gasteiger partial charge on any atom is -0.465 e. The van der Waals surface area contributed by atoms with Crippen LogP contribution in [-0.2, 0) is 0 Å². The minimum absolute atomic E-state index is 0.0501. The van der Waals surface area contributed by atoms with Gasteiger partial charge in [-0.25, -0.2) is 14.2 Å². The van der Waals surface area contributed by atoms with Crippen LogP contribution in [0.3, 0.4) is 0 Å². The number of nitrogens with zero attached hydrogens (tertiary/aromatic N) is 2. The van der Waals surface area contributed by atoms with E-state index in [0.717, 1.165) is 12.6 Å². The lowest BCUT2D eigenvalue weighted by Gasteiger charge is -2.14. The van der Waals surface area contributed by atoms with Crippen molar-refractivity contribution < 1.29 is 14.3 Å². The van der Waals surface area contributed by atoms with Gasteiger partial charge < -0.3 is 15.3 Å². The molecule has 1 unspecified atom stereocenters. The quantitative estimate of drug-likeness (QED) is 0.798. The number of pyridine rings is 1. The first kappa shape index (κ1) is 10.7. The molecule has 5 nitrogen and oxygen atoms in total. The predicted molar refractivity (Wildman–Crippen MR) is 55.8 cm³/mol. The molecule has 1 fully saturated rings. The number of aromatic nitrogens is 1. The van der Waals surface area contributed by atoms with E-state index in [2.05, 4.69) is 10.3 Å². The summed E-state index contributed by atoms with van der Waals surface area (Å²) in [5.41, 5.74) is 0. The molecule has 1 aromatic rings. The Balaban J connectivity index is 1.92. The number of nitrogens with one attached hydrogen (secondary N) is 1. The second-order valence-corrected chi connectivity index (χ2v) is 3.72. The third kappa shape index (κ3) is 2.39. The van der Waals surface area contributed by atoms with Crippen LogP contribution in [0.1, 0.15) is 6.42 Å². The molecule has 0 aromatic carbocycles. The van der Waals surface area contributed by atoms with Crippen LogP contribution >= 0.6 is 0 Å². The smallest absolute Gasteiger partial charge is 0.407 e. The molecule has 0 bridgehead atoms. The first-order valence-corrected chi connectivity index (χ1v) is 5.01. The Kier molecular flexibility index (Phi) is 2.89. The molecule has 6 heteroatoms. The summed E-state index contributed by atoms with van der Waals surface area (Å²) >= 11 is 0. The van der Waals surface area contributed by atoms with E-state index in [9.17, 15) is 9.18 Å². The number of hydrogen-bond acceptors (Lipinski definition) is 3. The average molecular weight is 225 g/mol. The Morgan fingerprint density at radius 2 is 2.44 bits per heavy atom. The van der Waals surface area contributed by atoms with E-state index in [4.69, 9.17) is 5.11 Å². The van der Waals surface area contributed by atoms with E-state index in [0.29, 0.717) is 18.9 Å². The molecule has 86 valence electrons. The number of likely N-dealkylation sites (tertiary alicyclic amines) is 1. The lowest BCUT2D eigenvalue weighted by Crippen LogP contribution is -2.30. The molecule has 1 aromatic heterocycles. The van der Waals surface area contributed by atoms with Crippen molar-refractivity contribution in [2.75, 3.05) is 18.4 Å². The molecule has 0 radical (unpaired) electrons. The van der Waals surface area contributed by atoms with Gasteiger partial charge in [0.15, 0.2) is 0 Å². The van der Waals surface area contributed by atoms with Crippen LogP contribution < -0.4 is 5.32 Å². The fraction of sp³-hybridized carbons (Fsp3) is 0.400. The van der Waals surface area contributed by atoms with Gasteiger partial charge in [0.05, 0.1) is 6.20 Å². The maximum Gasteiger partial charge on any atom is 0.407 e. The van der Waals surface area contributed by atoms with Gasteiger partial charge >= 0.3 is 6.09 Å². The van der Waals surface area contributed by atoms with E-state index in [-0.39, 0.29) is 11.9 Å². The molecular weight excluding hydrogens is 213 g/mol. The largest absolute Gasteiger partial charge is 0.465 e. The van der Waals surface area contributed by atoms with Crippen molar-refractivity contribution in [1.82, 2.24) is 9.88 Å². The molecule has 1 aliphatic heterocycles. The van der Waals surface area contributed by atoms with Crippen molar-refractivity contribution >= 4 is 11.9 Å². The first-order chi connectivity index (χ1) is 7.65. The Morgan fingerprint density at radius 3 is 3.00 bits per heavy atom. The van der Waals surface area contributed by atoms with Gasteiger partial charge in [0, 0.05) is 19.1 Å². The van der Waals surface area contributed by atoms with Gasteiger partial charge in [-0.1, -0.05) is 0 Å². The summed E-state index contributed by atoms with van der Waals surface area (Å²) in [6.07, 6.45) is 0.966. The van der Waals surface area contributed by atoms with Crippen LogP contribution in [-0.4, -0.2) is 40.2 Å². The lowest BCUT2D eigenvalue weighted by atomic mass is 10.2. The summed E-state index contributed by atoms with van der Waals surface area (Å²) < 4.78 is 12.6. The third-order valence-electron chi connectivity index (χ3n) is 2.54. The minimum atomic E-state index is -0.906. The fourth-order valence-electron chi connectivity index (χ4n) is 1.72. The zero-order valence-corrected chi connectivity index (χ0v) is 8.56. The molecule has 2 N–H and O–H groups in total. The van der Waals surface area contributed by atoms with Crippen molar-refractivity contribution in [2.24, 2.45) is 0 Å². The Labute approximate surface area is 91.9 Å². The second-order valence-electron chi connectivity index (χ2n) is 3.72. The van der Waals surface area contributed by atoms with Crippen LogP contribution in [0, 0.1) is 5.82 Å². The molecule has 1 aliphatic rings. The highest BCUT2D eigenvalue weighted by Gasteiger charge is 2.25. The second kappa shape index (κ2) is 4.34. The first-order valence-electron chi connectivity index (χ1n) is 5.01. The van der Waals surface area contributed by atoms with E-state index < -0.39 is 6.09 Å². The number of amides is 1. The Morgan fingerprint density at radius 1 is 1.62 bits per heavy atom. The number of rotatable bonds is 2. The number of hydrogen-bond donors (Lipinski definition) is 2. The molecule has 2 rings (SSSR count). The summed E-state index contributed by atoms with van der Waals surface area (Å²) in [4.78, 5) is 15.9. The average Bonchev–Trinajstić information content (AvgIpc) is 2.70. The number of anilines is 1. The zero-order chi connectivity index (χ0) is 11.5. The SMILES string of the molecule is O=C(O)N1CCC(Nc2ccc(F)cn2)C1. The summed E-state index contributed by atoms with van der Waals surface area (Å²) in [7, 11) is 0. The van der Waals surface area contributed by atoms with Gasteiger partial charge in [-0.3, -0.25) is 0 Å². The van der Waals surface area contributed by atoms with Crippen LogP contribution in [0.15, 0.2) is 18.3 Å². The summed E-state index contributed by atoms with van der Waals surface area (Å²) in [6.45, 7) is 0.961. The van der Waals surface area contributed by atoms with E-state index >= 15 is 0 Å². The van der Waals surface area contributed by atoms with E-state index in [1.165, 1.54) is 11.0 Å². The molecule has 2 heterocycles. The van der Waals surface area contributed by atoms with Crippen molar-refractivity contribution in [3.05, 3.63) is 24.1 Å². The van der Waals surface area contributed by atoms with Crippen molar-refractivity contribution in [3.63, 3.8) is 0 Å². The Bertz CT molecular complexity index is 382. The van der Waals surface area contributed by atoms with Gasteiger partial charge in [-0.05, 0) is 18.6 Å². The van der Waals surface area contributed by atoms with Crippen LogP contribution in [0.4, 0.5) is 15.0 Å². The zero-order valence-electron chi connectivity index (χ0n) is 8.56. The molecule has 1 amide bonds. The number of halogens is 1. The summed E-state index contributed by atoms with van der Waals surface area (Å²) in [6, 6.07) is 2.91. The van der Waals surface area contributed by atoms with E-state index in [1.54, 1.807) is 6.07 Å². The number of carboxylic acid groups (broad SMARTS) is 1. The molecular formula is C10H12FN3O2. The van der Waals surface area contributed by atoms with Gasteiger partial charge in [-0.15, -0.1) is 0 Å². The van der Waals surface area contributed by atoms with Crippen LogP contribution in [0.25, 0.3) is 0 Å². The standard InChI is InChI=1S/C10H12FN3O2/c11-7-1-2-9(12-5-7)13-8-3-4-14(6-8)10(15)16/h1-2,5,8H,3-4,6H2,(H,12,13)(H,15,16). The molecule has 1 atom stereocenters. The van der Waals surface area contributed by atoms with Crippen molar-refractivity contribution in [2.45, 2.75) is 12.5 Å². The van der Waals surface area contributed by atoms with Crippen molar-refractivity contribution in [3.8, 4) is 0 Å². The fourth-order valence-corrected chi connectivity index (χ4v) is 1.72. The highest BCUT2D eigenvalue weighted by atomic mass is 19.1. The van der Waals surface area contributed by atoms with Crippen LogP contribution in [0.2, 0.25) is 0 Å². The van der Waals surface area contributed by atoms with Crippen molar-refractivity contribution in [1.29, 1.82) is 0 Å². The highest BCUT2D eigenvalue weighted by molar-refractivity contribution is 5.65. The number of carbonyl (C=O) groups is 1. The maximum absolute atomic E-state index is 12.6. The van der Waals surface area contributed by atoms with Crippen LogP contribution in [0.5, 0.6) is 0 Å². The van der Waals surface area contributed by atoms with Gasteiger partial charge in [0.1, 0.15) is 11.6 Å². The third-order valence-corrected chi connectivity index (χ3v) is 2.54. The summed E-state index contributed by atoms with van der Waals surface area (Å²) in [5, 5.41) is 11.8. The topological polar surface area (TPSA) is 65.5 Å². The molecule has 0 saturated carbocycles. The maximum atomic E-state index is 12.6. The lowest BCUT2D eigenvalue weighted by molar-refractivity contribution is 0.155. The predicted octanol–water partition coefficient (Wildman–Crippen LogP) is 1.38. The molecule has 16 heavy (non-hydrogen) atoms. The molecule has 0 aliphatic carbocycles. The summed E-state index contributed by atoms with van der Waals surface area (Å²) in [5.74, 6) is 0.183. The van der Waals surface area contributed by atoms with Gasteiger partial charge in [0.2, 0.25) is 0 Å². The van der Waals surface area contributed by atoms with Gasteiger partial charge in [0.25, 0.3) is 0 Å². The monoisotopic (exact) mass is 225 g/mol. The normalized spacial score (nSPS) is 19.8. The van der Waals surface area contributed by atoms with Gasteiger partial charge in [-0.2, -0.15) is 0 Å². The van der Waals surface area contributed by atoms with E-state index in [1.807, 2.05) is 0 Å². The molecule has 0 spiro atoms. The Hall–Kier alpha value is -1.85.